The van der Waals surface area contributed by atoms with Gasteiger partial charge < -0.3 is 5.73 Å². The van der Waals surface area contributed by atoms with Crippen LogP contribution >= 0.6 is 0 Å². The molecule has 0 aliphatic carbocycles. The Hall–Kier alpha value is -4.49. The highest BCUT2D eigenvalue weighted by Gasteiger charge is 2.34. The van der Waals surface area contributed by atoms with E-state index in [2.05, 4.69) is 35.3 Å². The fraction of sp³-hybridized carbons (Fsp3) is 0.190. The van der Waals surface area contributed by atoms with Crippen LogP contribution < -0.4 is 5.73 Å². The minimum Gasteiger partial charge on any atom is -0.383 e. The summed E-state index contributed by atoms with van der Waals surface area (Å²) in [6.45, 7) is 1.88. The van der Waals surface area contributed by atoms with Gasteiger partial charge in [0.05, 0.1) is 17.6 Å². The monoisotopic (exact) mass is 484 g/mol. The lowest BCUT2D eigenvalue weighted by Gasteiger charge is -2.13. The number of nitrogen functional groups attached to an aromatic ring is 1. The highest BCUT2D eigenvalue weighted by atomic mass is 19.4. The topological polar surface area (TPSA) is 126 Å². The van der Waals surface area contributed by atoms with Crippen LogP contribution in [0.2, 0.25) is 0 Å². The Morgan fingerprint density at radius 3 is 2.49 bits per heavy atom. The summed E-state index contributed by atoms with van der Waals surface area (Å²) in [5.74, 6) is -1.65. The predicted octanol–water partition coefficient (Wildman–Crippen LogP) is 3.60. The van der Waals surface area contributed by atoms with Crippen LogP contribution in [0.1, 0.15) is 30.9 Å². The SMILES string of the molecule is CC[C@@H](c1cn(-c2ccccc2F)nn1)n1nc(-c2cnc(C(F)(F)F)nc2)c2c(N)ncnc21. The largest absolute Gasteiger partial charge is 0.451 e. The zero-order chi connectivity index (χ0) is 24.7. The highest BCUT2D eigenvalue weighted by Crippen LogP contribution is 2.34. The van der Waals surface area contributed by atoms with Crippen LogP contribution in [-0.2, 0) is 6.18 Å². The standard InChI is InChI=1S/C21H16F4N10/c1-2-14(13-9-34(33-31-13)15-6-4-3-5-12(15)22)35-19-16(18(26)29-10-30-19)17(32-35)11-7-27-20(28-8-11)21(23,24)25/h3-10,14H,2H2,1H3,(H2,26,29,30)/t14-/m0/s1. The number of aromatic nitrogens is 9. The Morgan fingerprint density at radius 2 is 1.80 bits per heavy atom. The van der Waals surface area contributed by atoms with Crippen molar-refractivity contribution < 1.29 is 17.6 Å². The normalized spacial score (nSPS) is 12.8. The summed E-state index contributed by atoms with van der Waals surface area (Å²) >= 11 is 0. The van der Waals surface area contributed by atoms with Gasteiger partial charge in [-0.2, -0.15) is 18.3 Å². The van der Waals surface area contributed by atoms with E-state index < -0.39 is 23.9 Å². The molecule has 0 radical (unpaired) electrons. The van der Waals surface area contributed by atoms with E-state index in [0.717, 1.165) is 12.4 Å². The molecule has 0 aliphatic rings. The Kier molecular flexibility index (Phi) is 5.34. The molecule has 0 bridgehead atoms. The van der Waals surface area contributed by atoms with Gasteiger partial charge in [0.15, 0.2) is 5.65 Å². The molecule has 1 aromatic carbocycles. The van der Waals surface area contributed by atoms with Crippen molar-refractivity contribution in [1.82, 2.24) is 44.7 Å². The van der Waals surface area contributed by atoms with Crippen molar-refractivity contribution in [2.24, 2.45) is 0 Å². The molecule has 0 saturated carbocycles. The molecule has 10 nitrogen and oxygen atoms in total. The van der Waals surface area contributed by atoms with Gasteiger partial charge in [-0.15, -0.1) is 5.10 Å². The number of fused-ring (bicyclic) bond motifs is 1. The summed E-state index contributed by atoms with van der Waals surface area (Å²) in [6.07, 6.45) is 0.671. The molecule has 0 aliphatic heterocycles. The van der Waals surface area contributed by atoms with Crippen molar-refractivity contribution in [1.29, 1.82) is 0 Å². The van der Waals surface area contributed by atoms with Gasteiger partial charge in [-0.25, -0.2) is 33.7 Å². The molecule has 178 valence electrons. The third-order valence-electron chi connectivity index (χ3n) is 5.33. The number of anilines is 1. The van der Waals surface area contributed by atoms with Gasteiger partial charge in [0.1, 0.15) is 35.0 Å². The van der Waals surface area contributed by atoms with E-state index in [1.165, 1.54) is 21.8 Å². The maximum Gasteiger partial charge on any atom is 0.451 e. The Morgan fingerprint density at radius 1 is 1.06 bits per heavy atom. The van der Waals surface area contributed by atoms with Crippen LogP contribution in [0.25, 0.3) is 28.0 Å². The van der Waals surface area contributed by atoms with Gasteiger partial charge >= 0.3 is 6.18 Å². The molecular weight excluding hydrogens is 468 g/mol. The van der Waals surface area contributed by atoms with E-state index in [-0.39, 0.29) is 22.8 Å². The summed E-state index contributed by atoms with van der Waals surface area (Å²) in [6, 6.07) is 5.62. The van der Waals surface area contributed by atoms with E-state index in [4.69, 9.17) is 5.73 Å². The molecule has 0 saturated heterocycles. The van der Waals surface area contributed by atoms with E-state index in [1.54, 1.807) is 24.4 Å². The zero-order valence-electron chi connectivity index (χ0n) is 18.0. The van der Waals surface area contributed by atoms with Crippen molar-refractivity contribution in [3.63, 3.8) is 0 Å². The summed E-state index contributed by atoms with van der Waals surface area (Å²) in [4.78, 5) is 15.1. The number of rotatable bonds is 5. The highest BCUT2D eigenvalue weighted by molar-refractivity contribution is 5.98. The van der Waals surface area contributed by atoms with Gasteiger partial charge in [-0.3, -0.25) is 0 Å². The lowest BCUT2D eigenvalue weighted by atomic mass is 10.1. The number of hydrogen-bond acceptors (Lipinski definition) is 8. The minimum absolute atomic E-state index is 0.0843. The number of hydrogen-bond donors (Lipinski definition) is 1. The molecule has 0 spiro atoms. The predicted molar refractivity (Wildman–Crippen MR) is 116 cm³/mol. The van der Waals surface area contributed by atoms with E-state index >= 15 is 0 Å². The quantitative estimate of drug-likeness (QED) is 0.375. The lowest BCUT2D eigenvalue weighted by molar-refractivity contribution is -0.144. The first-order valence-electron chi connectivity index (χ1n) is 10.3. The fourth-order valence-corrected chi connectivity index (χ4v) is 3.70. The molecule has 4 heterocycles. The van der Waals surface area contributed by atoms with Crippen molar-refractivity contribution in [2.45, 2.75) is 25.6 Å². The molecular formula is C21H16F4N10. The summed E-state index contributed by atoms with van der Waals surface area (Å²) in [5, 5.41) is 13.1. The van der Waals surface area contributed by atoms with Crippen LogP contribution in [-0.4, -0.2) is 44.7 Å². The Balaban J connectivity index is 1.62. The second-order valence-corrected chi connectivity index (χ2v) is 7.51. The van der Waals surface area contributed by atoms with Crippen LogP contribution in [0, 0.1) is 5.82 Å². The van der Waals surface area contributed by atoms with Crippen molar-refractivity contribution in [3.8, 4) is 16.9 Å². The first-order chi connectivity index (χ1) is 16.8. The third-order valence-corrected chi connectivity index (χ3v) is 5.33. The number of alkyl halides is 3. The first-order valence-corrected chi connectivity index (χ1v) is 10.3. The molecule has 5 rings (SSSR count). The number of nitrogens with two attached hydrogens (primary N) is 1. The summed E-state index contributed by atoms with van der Waals surface area (Å²) in [7, 11) is 0. The van der Waals surface area contributed by atoms with E-state index in [0.29, 0.717) is 23.1 Å². The number of halogens is 4. The summed E-state index contributed by atoms with van der Waals surface area (Å²) < 4.78 is 55.8. The van der Waals surface area contributed by atoms with Crippen LogP contribution in [0.3, 0.4) is 0 Å². The van der Waals surface area contributed by atoms with Gasteiger partial charge in [-0.05, 0) is 18.6 Å². The van der Waals surface area contributed by atoms with Crippen LogP contribution in [0.5, 0.6) is 0 Å². The lowest BCUT2D eigenvalue weighted by Crippen LogP contribution is -2.13. The van der Waals surface area contributed by atoms with Gasteiger partial charge in [0.25, 0.3) is 0 Å². The second-order valence-electron chi connectivity index (χ2n) is 7.51. The molecule has 0 fully saturated rings. The van der Waals surface area contributed by atoms with Gasteiger partial charge in [0, 0.05) is 18.0 Å². The first kappa shape index (κ1) is 22.3. The van der Waals surface area contributed by atoms with Crippen molar-refractivity contribution in [2.75, 3.05) is 5.73 Å². The van der Waals surface area contributed by atoms with Crippen LogP contribution in [0.4, 0.5) is 23.4 Å². The molecule has 5 aromatic rings. The molecule has 2 N–H and O–H groups in total. The maximum atomic E-state index is 14.2. The van der Waals surface area contributed by atoms with Crippen LogP contribution in [0.15, 0.2) is 49.2 Å². The maximum absolute atomic E-state index is 14.2. The number of para-hydroxylation sites is 1. The smallest absolute Gasteiger partial charge is 0.383 e. The molecule has 4 aromatic heterocycles. The minimum atomic E-state index is -4.68. The average Bonchev–Trinajstić information content (AvgIpc) is 3.46. The Labute approximate surface area is 194 Å². The van der Waals surface area contributed by atoms with Crippen molar-refractivity contribution >= 4 is 16.9 Å². The third kappa shape index (κ3) is 3.92. The average molecular weight is 484 g/mol. The van der Waals surface area contributed by atoms with Crippen molar-refractivity contribution in [3.05, 3.63) is 66.5 Å². The Bertz CT molecular complexity index is 1510. The van der Waals surface area contributed by atoms with Gasteiger partial charge in [0.2, 0.25) is 5.82 Å². The molecule has 0 unspecified atom stereocenters. The fourth-order valence-electron chi connectivity index (χ4n) is 3.70. The second kappa shape index (κ2) is 8.38. The number of benzene rings is 1. The molecule has 0 amide bonds. The van der Waals surface area contributed by atoms with E-state index in [9.17, 15) is 17.6 Å². The number of nitrogens with zero attached hydrogens (tertiary/aromatic N) is 9. The van der Waals surface area contributed by atoms with E-state index in [1.807, 2.05) is 6.92 Å². The van der Waals surface area contributed by atoms with Gasteiger partial charge in [-0.1, -0.05) is 24.3 Å². The summed E-state index contributed by atoms with van der Waals surface area (Å²) in [5.41, 5.74) is 7.52. The molecule has 14 heteroatoms. The molecule has 35 heavy (non-hydrogen) atoms. The molecule has 1 atom stereocenters. The zero-order valence-corrected chi connectivity index (χ0v) is 18.0.